The van der Waals surface area contributed by atoms with Gasteiger partial charge in [-0.2, -0.15) is 26.3 Å². The van der Waals surface area contributed by atoms with Gasteiger partial charge in [-0.1, -0.05) is 36.3 Å². The lowest BCUT2D eigenvalue weighted by Crippen LogP contribution is -1.95. The Labute approximate surface area is 261 Å². The van der Waals surface area contributed by atoms with E-state index in [-0.39, 0.29) is 0 Å². The summed E-state index contributed by atoms with van der Waals surface area (Å²) in [5.41, 5.74) is -15.3. The highest BCUT2D eigenvalue weighted by Gasteiger charge is 2.43. The molecule has 45 heavy (non-hydrogen) atoms. The van der Waals surface area contributed by atoms with E-state index < -0.39 is 138 Å². The van der Waals surface area contributed by atoms with Crippen LogP contribution in [-0.2, 0) is 0 Å². The second-order valence-electron chi connectivity index (χ2n) is 8.22. The average Bonchev–Trinajstić information content (AvgIpc) is 3.83. The maximum atomic E-state index is 15.9. The summed E-state index contributed by atoms with van der Waals surface area (Å²) in [5, 5.41) is 49.9. The Morgan fingerprint density at radius 1 is 0.556 bits per heavy atom. The second kappa shape index (κ2) is 11.9. The molecule has 9 nitrogen and oxygen atoms in total. The highest BCUT2D eigenvalue weighted by Crippen LogP contribution is 2.58. The van der Waals surface area contributed by atoms with E-state index in [0.717, 1.165) is 0 Å². The van der Waals surface area contributed by atoms with Crippen molar-refractivity contribution in [2.24, 2.45) is 0 Å². The number of hydrogen-bond acceptors (Lipinski definition) is 5. The highest BCUT2D eigenvalue weighted by atomic mass is 19.1. The van der Waals surface area contributed by atoms with Crippen molar-refractivity contribution in [3.8, 4) is 30.3 Å². The van der Waals surface area contributed by atoms with Crippen LogP contribution in [0.3, 0.4) is 0 Å². The molecule has 12 heteroatoms. The van der Waals surface area contributed by atoms with Crippen molar-refractivity contribution >= 4 is 33.9 Å². The molecule has 0 heterocycles. The van der Waals surface area contributed by atoms with Gasteiger partial charge in [0, 0.05) is 20.8 Å². The van der Waals surface area contributed by atoms with E-state index in [1.54, 1.807) is 0 Å². The molecule has 0 radical (unpaired) electrons. The summed E-state index contributed by atoms with van der Waals surface area (Å²) in [4.78, 5) is 11.9. The van der Waals surface area contributed by atoms with Crippen molar-refractivity contribution in [2.45, 2.75) is 0 Å². The predicted octanol–water partition coefficient (Wildman–Crippen LogP) is 7.97. The van der Waals surface area contributed by atoms with E-state index in [0.29, 0.717) is 0 Å². The lowest BCUT2D eigenvalue weighted by atomic mass is 9.96. The fraction of sp³-hybridized carbons (Fsp3) is 0. The van der Waals surface area contributed by atoms with Crippen LogP contribution in [0.2, 0.25) is 0 Å². The maximum absolute atomic E-state index is 15.9. The van der Waals surface area contributed by atoms with Gasteiger partial charge in [0.2, 0.25) is 11.4 Å². The smallest absolute Gasteiger partial charge is 0.222 e. The molecule has 0 unspecified atom stereocenters. The van der Waals surface area contributed by atoms with E-state index in [2.05, 4.69) is 19.4 Å². The molecule has 3 aromatic carbocycles. The normalized spacial score (nSPS) is 16.1. The first kappa shape index (κ1) is 22.7. The zero-order valence-corrected chi connectivity index (χ0v) is 21.7. The van der Waals surface area contributed by atoms with Gasteiger partial charge in [0.15, 0.2) is 11.4 Å². The van der Waals surface area contributed by atoms with Gasteiger partial charge < -0.3 is 0 Å². The maximum Gasteiger partial charge on any atom is 0.222 e. The summed E-state index contributed by atoms with van der Waals surface area (Å²) in [6.07, 6.45) is 0. The van der Waals surface area contributed by atoms with Gasteiger partial charge in [0.05, 0.1) is 70.4 Å². The van der Waals surface area contributed by atoms with Crippen LogP contribution in [0.25, 0.3) is 36.2 Å². The fourth-order valence-corrected chi connectivity index (χ4v) is 4.21. The van der Waals surface area contributed by atoms with E-state index in [1.165, 1.54) is 30.3 Å². The Morgan fingerprint density at radius 3 is 1.31 bits per heavy atom. The largest absolute Gasteiger partial charge is 0.239 e. The summed E-state index contributed by atoms with van der Waals surface area (Å²) in [7, 11) is 0. The summed E-state index contributed by atoms with van der Waals surface area (Å²) in [5.74, 6) is -5.08. The molecule has 0 spiro atoms. The first-order chi connectivity index (χ1) is 24.2. The van der Waals surface area contributed by atoms with Gasteiger partial charge in [0.25, 0.3) is 0 Å². The molecule has 4 rings (SSSR count). The van der Waals surface area contributed by atoms with Crippen LogP contribution in [0.1, 0.15) is 41.6 Å². The van der Waals surface area contributed by atoms with E-state index in [1.807, 2.05) is 0 Å². The topological polar surface area (TPSA) is 136 Å². The number of allylic oxidation sites excluding steroid dienone is 5. The van der Waals surface area contributed by atoms with Crippen LogP contribution in [0.15, 0.2) is 53.0 Å². The third-order valence-electron chi connectivity index (χ3n) is 6.12. The van der Waals surface area contributed by atoms with Crippen molar-refractivity contribution in [3.05, 3.63) is 149 Å². The van der Waals surface area contributed by atoms with Crippen molar-refractivity contribution in [2.75, 3.05) is 0 Å². The molecule has 0 bridgehead atoms. The zero-order chi connectivity index (χ0) is 38.2. The molecule has 1 saturated carbocycles. The Balaban J connectivity index is 2.48. The monoisotopic (exact) mass is 591 g/mol. The zero-order valence-electron chi connectivity index (χ0n) is 27.7. The minimum atomic E-state index is -1.70. The van der Waals surface area contributed by atoms with Gasteiger partial charge in [-0.3, -0.25) is 0 Å². The summed E-state index contributed by atoms with van der Waals surface area (Å²) < 4.78 is 96.1. The Bertz CT molecular complexity index is 2430. The molecule has 0 N–H and O–H groups in total. The van der Waals surface area contributed by atoms with E-state index in [9.17, 15) is 26.3 Å². The van der Waals surface area contributed by atoms with Crippen LogP contribution >= 0.6 is 0 Å². The number of nitrogens with zero attached hydrogens (tertiary/aromatic N) is 9. The van der Waals surface area contributed by atoms with Crippen molar-refractivity contribution in [3.63, 3.8) is 0 Å². The third kappa shape index (κ3) is 4.64. The Kier molecular flexibility index (Phi) is 6.01. The lowest BCUT2D eigenvalue weighted by molar-refractivity contribution is 0.621. The van der Waals surface area contributed by atoms with Gasteiger partial charge in [0.1, 0.15) is 35.7 Å². The number of benzene rings is 3. The molecule has 0 atom stereocenters. The molecule has 1 fully saturated rings. The van der Waals surface area contributed by atoms with Gasteiger partial charge >= 0.3 is 0 Å². The summed E-state index contributed by atoms with van der Waals surface area (Å²) in [6, 6.07) is 0.923. The Hall–Kier alpha value is -7.92. The molecule has 1 aliphatic rings. The fourth-order valence-electron chi connectivity index (χ4n) is 4.21. The quantitative estimate of drug-likeness (QED) is 0.225. The van der Waals surface area contributed by atoms with Crippen LogP contribution in [0.4, 0.5) is 30.2 Å². The Morgan fingerprint density at radius 2 is 0.956 bits per heavy atom. The first-order valence-electron chi connectivity index (χ1n) is 14.5. The van der Waals surface area contributed by atoms with Crippen LogP contribution in [0.5, 0.6) is 0 Å². The van der Waals surface area contributed by atoms with Gasteiger partial charge in [-0.25, -0.2) is 32.6 Å². The minimum Gasteiger partial charge on any atom is -0.239 e. The average molecular weight is 592 g/mol. The first-order valence-corrected chi connectivity index (χ1v) is 11.5. The van der Waals surface area contributed by atoms with Crippen LogP contribution < -0.4 is 0 Å². The highest BCUT2D eigenvalue weighted by molar-refractivity contribution is 6.12. The standard InChI is InChI=1S/C33H6F3N9/c1-42-21-8-7-18(13-39)30(34)28(21)33(45-4)29-26(19(14-40)24-16(11-37)5-9-22(43-2)31(24)35)27(29)20(15-41)25-17(12-38)6-10-23(44-3)32(25)36/h5-10H/b26-19-,27-20+,33-29?/i5D,6D,7D,8D,9D,10D. The minimum absolute atomic E-state index is 0.784. The molecule has 0 amide bonds. The van der Waals surface area contributed by atoms with E-state index >= 15 is 13.2 Å². The summed E-state index contributed by atoms with van der Waals surface area (Å²) in [6.45, 7) is 30.1. The third-order valence-corrected chi connectivity index (χ3v) is 6.12. The number of nitriles is 5. The molecular formula is C33H6F3N9. The van der Waals surface area contributed by atoms with Crippen LogP contribution in [0, 0.1) is 100 Å². The van der Waals surface area contributed by atoms with Crippen molar-refractivity contribution < 1.29 is 21.4 Å². The molecule has 3 aromatic rings. The SMILES string of the molecule is [2H]c1c([2H])c([N+]#[C-])c(C([N+]#[C-])=C2C(=C(\C#N)c3c(F)c([N+]#[C-])c([2H])c([2H])c3C#N)/C2=C(\C#N)c2c(F)c([N+]#[C-])c([2H])c([2H])c2C#N)c(F)c1C#N. The number of rotatable bonds is 3. The molecule has 0 aromatic heterocycles. The number of halogens is 3. The van der Waals surface area contributed by atoms with E-state index in [4.69, 9.17) is 34.5 Å². The number of hydrogen-bond donors (Lipinski definition) is 0. The molecule has 0 saturated heterocycles. The predicted molar refractivity (Wildman–Crippen MR) is 151 cm³/mol. The van der Waals surface area contributed by atoms with Gasteiger partial charge in [-0.05, 0) is 16.7 Å². The van der Waals surface area contributed by atoms with Crippen molar-refractivity contribution in [1.82, 2.24) is 0 Å². The molecular weight excluding hydrogens is 579 g/mol. The summed E-state index contributed by atoms with van der Waals surface area (Å²) >= 11 is 0. The van der Waals surface area contributed by atoms with Crippen molar-refractivity contribution in [1.29, 1.82) is 26.3 Å². The molecule has 0 aliphatic heterocycles. The van der Waals surface area contributed by atoms with Crippen LogP contribution in [-0.4, -0.2) is 0 Å². The molecule has 204 valence electrons. The lowest BCUT2D eigenvalue weighted by Gasteiger charge is -2.06. The molecule has 1 aliphatic carbocycles. The second-order valence-corrected chi connectivity index (χ2v) is 8.22. The van der Waals surface area contributed by atoms with Gasteiger partial charge in [-0.15, -0.1) is 0 Å².